The molecule has 1 amide bonds. The highest BCUT2D eigenvalue weighted by atomic mass is 79.9. The fraction of sp³-hybridized carbons (Fsp3) is 0.312. The first-order valence-corrected chi connectivity index (χ1v) is 9.35. The fourth-order valence-electron chi connectivity index (χ4n) is 2.13. The molecule has 23 heavy (non-hydrogen) atoms. The summed E-state index contributed by atoms with van der Waals surface area (Å²) in [5.41, 5.74) is 0.993. The molecule has 0 spiro atoms. The molecular formula is C16H17Br2NO3S. The first kappa shape index (κ1) is 18.3. The quantitative estimate of drug-likeness (QED) is 0.609. The van der Waals surface area contributed by atoms with Crippen molar-refractivity contribution in [2.24, 2.45) is 0 Å². The van der Waals surface area contributed by atoms with Crippen LogP contribution in [0.3, 0.4) is 0 Å². The number of halogens is 2. The van der Waals surface area contributed by atoms with Gasteiger partial charge in [0.1, 0.15) is 0 Å². The van der Waals surface area contributed by atoms with E-state index in [0.717, 1.165) is 13.8 Å². The molecule has 1 heterocycles. The second kappa shape index (κ2) is 8.17. The highest BCUT2D eigenvalue weighted by Crippen LogP contribution is 2.33. The van der Waals surface area contributed by atoms with Gasteiger partial charge in [-0.1, -0.05) is 6.07 Å². The zero-order valence-electron chi connectivity index (χ0n) is 13.1. The van der Waals surface area contributed by atoms with Crippen LogP contribution in [0, 0.1) is 0 Å². The summed E-state index contributed by atoms with van der Waals surface area (Å²) < 4.78 is 12.4. The highest BCUT2D eigenvalue weighted by Gasteiger charge is 2.19. The molecule has 0 fully saturated rings. The summed E-state index contributed by atoms with van der Waals surface area (Å²) in [6.07, 6.45) is 0. The van der Waals surface area contributed by atoms with Gasteiger partial charge < -0.3 is 14.4 Å². The maximum absolute atomic E-state index is 12.7. The Hall–Kier alpha value is -1.05. The molecule has 2 aromatic rings. The first-order valence-electron chi connectivity index (χ1n) is 6.95. The van der Waals surface area contributed by atoms with Gasteiger partial charge in [0.25, 0.3) is 5.91 Å². The zero-order chi connectivity index (χ0) is 17.0. The highest BCUT2D eigenvalue weighted by molar-refractivity contribution is 9.13. The molecule has 1 aromatic heterocycles. The van der Waals surface area contributed by atoms with Crippen LogP contribution in [0.2, 0.25) is 0 Å². The number of hydrogen-bond acceptors (Lipinski definition) is 4. The van der Waals surface area contributed by atoms with Crippen molar-refractivity contribution in [1.29, 1.82) is 0 Å². The number of benzene rings is 1. The molecule has 0 bridgehead atoms. The molecule has 0 unspecified atom stereocenters. The van der Waals surface area contributed by atoms with E-state index in [-0.39, 0.29) is 5.91 Å². The van der Waals surface area contributed by atoms with Crippen LogP contribution in [0.5, 0.6) is 11.5 Å². The van der Waals surface area contributed by atoms with Crippen LogP contribution in [0.25, 0.3) is 0 Å². The number of hydrogen-bond donors (Lipinski definition) is 0. The van der Waals surface area contributed by atoms with E-state index >= 15 is 0 Å². The van der Waals surface area contributed by atoms with E-state index in [1.54, 1.807) is 19.1 Å². The third kappa shape index (κ3) is 4.28. The molecule has 1 aromatic carbocycles. The number of ether oxygens (including phenoxy) is 2. The predicted octanol–water partition coefficient (Wildman–Crippen LogP) is 4.95. The maximum Gasteiger partial charge on any atom is 0.264 e. The minimum Gasteiger partial charge on any atom is -0.493 e. The Balaban J connectivity index is 2.20. The van der Waals surface area contributed by atoms with Gasteiger partial charge in [-0.25, -0.2) is 0 Å². The van der Waals surface area contributed by atoms with Crippen molar-refractivity contribution in [3.05, 3.63) is 43.0 Å². The van der Waals surface area contributed by atoms with E-state index in [0.29, 0.717) is 29.5 Å². The van der Waals surface area contributed by atoms with Crippen LogP contribution in [0.4, 0.5) is 0 Å². The summed E-state index contributed by atoms with van der Waals surface area (Å²) in [6.45, 7) is 3.11. The molecule has 0 aliphatic carbocycles. The van der Waals surface area contributed by atoms with Crippen LogP contribution in [-0.2, 0) is 6.54 Å². The van der Waals surface area contributed by atoms with Gasteiger partial charge in [0.2, 0.25) is 0 Å². The Labute approximate surface area is 156 Å². The summed E-state index contributed by atoms with van der Waals surface area (Å²) in [5, 5.41) is 0. The molecule has 0 saturated carbocycles. The van der Waals surface area contributed by atoms with Crippen molar-refractivity contribution < 1.29 is 14.3 Å². The molecule has 0 aliphatic heterocycles. The van der Waals surface area contributed by atoms with Crippen molar-refractivity contribution in [1.82, 2.24) is 4.90 Å². The van der Waals surface area contributed by atoms with Crippen LogP contribution < -0.4 is 9.47 Å². The van der Waals surface area contributed by atoms with Gasteiger partial charge in [0.15, 0.2) is 11.5 Å². The first-order chi connectivity index (χ1) is 11.0. The SMILES string of the molecule is CCN(Cc1ccc(OC)c(OC)c1)C(=O)c1cc(Br)c(Br)s1. The monoisotopic (exact) mass is 461 g/mol. The smallest absolute Gasteiger partial charge is 0.264 e. The summed E-state index contributed by atoms with van der Waals surface area (Å²) in [7, 11) is 3.21. The lowest BCUT2D eigenvalue weighted by Gasteiger charge is -2.21. The van der Waals surface area contributed by atoms with Gasteiger partial charge in [0.05, 0.1) is 22.9 Å². The molecule has 124 valence electrons. The molecular weight excluding hydrogens is 446 g/mol. The normalized spacial score (nSPS) is 10.5. The van der Waals surface area contributed by atoms with Gasteiger partial charge >= 0.3 is 0 Å². The van der Waals surface area contributed by atoms with E-state index in [1.165, 1.54) is 11.3 Å². The minimum atomic E-state index is 0.0127. The van der Waals surface area contributed by atoms with Crippen molar-refractivity contribution in [2.45, 2.75) is 13.5 Å². The lowest BCUT2D eigenvalue weighted by molar-refractivity contribution is 0.0757. The minimum absolute atomic E-state index is 0.0127. The van der Waals surface area contributed by atoms with Crippen LogP contribution in [-0.4, -0.2) is 31.6 Å². The van der Waals surface area contributed by atoms with Crippen molar-refractivity contribution in [2.75, 3.05) is 20.8 Å². The Kier molecular flexibility index (Phi) is 6.50. The number of nitrogens with zero attached hydrogens (tertiary/aromatic N) is 1. The number of methoxy groups -OCH3 is 2. The summed E-state index contributed by atoms with van der Waals surface area (Å²) >= 11 is 8.27. The van der Waals surface area contributed by atoms with Crippen molar-refractivity contribution in [3.8, 4) is 11.5 Å². The molecule has 0 N–H and O–H groups in total. The van der Waals surface area contributed by atoms with Crippen LogP contribution >= 0.6 is 43.2 Å². The standard InChI is InChI=1S/C16H17Br2NO3S/c1-4-19(16(20)14-8-11(17)15(18)23-14)9-10-5-6-12(21-2)13(7-10)22-3/h5-8H,4,9H2,1-3H3. The molecule has 0 atom stereocenters. The average molecular weight is 463 g/mol. The Morgan fingerprint density at radius 3 is 2.39 bits per heavy atom. The number of amides is 1. The van der Waals surface area contributed by atoms with E-state index in [2.05, 4.69) is 31.9 Å². The second-order valence-electron chi connectivity index (χ2n) is 4.74. The van der Waals surface area contributed by atoms with Gasteiger partial charge in [0, 0.05) is 17.6 Å². The van der Waals surface area contributed by atoms with Crippen LogP contribution in [0.15, 0.2) is 32.5 Å². The topological polar surface area (TPSA) is 38.8 Å². The number of rotatable bonds is 6. The molecule has 0 aliphatic rings. The van der Waals surface area contributed by atoms with Crippen molar-refractivity contribution in [3.63, 3.8) is 0 Å². The molecule has 7 heteroatoms. The lowest BCUT2D eigenvalue weighted by Crippen LogP contribution is -2.29. The van der Waals surface area contributed by atoms with Crippen LogP contribution in [0.1, 0.15) is 22.2 Å². The van der Waals surface area contributed by atoms with Gasteiger partial charge in [-0.15, -0.1) is 11.3 Å². The largest absolute Gasteiger partial charge is 0.493 e. The van der Waals surface area contributed by atoms with E-state index in [4.69, 9.17) is 9.47 Å². The molecule has 0 radical (unpaired) electrons. The number of carbonyl (C=O) groups excluding carboxylic acids is 1. The lowest BCUT2D eigenvalue weighted by atomic mass is 10.2. The second-order valence-corrected chi connectivity index (χ2v) is 7.97. The fourth-order valence-corrected chi connectivity index (χ4v) is 4.14. The zero-order valence-corrected chi connectivity index (χ0v) is 17.0. The Morgan fingerprint density at radius 2 is 1.87 bits per heavy atom. The average Bonchev–Trinajstić information content (AvgIpc) is 2.90. The number of carbonyl (C=O) groups is 1. The van der Waals surface area contributed by atoms with E-state index in [9.17, 15) is 4.79 Å². The Bertz CT molecular complexity index is 683. The van der Waals surface area contributed by atoms with Gasteiger partial charge in [-0.05, 0) is 62.5 Å². The van der Waals surface area contributed by atoms with E-state index in [1.807, 2.05) is 31.2 Å². The third-order valence-electron chi connectivity index (χ3n) is 3.35. The van der Waals surface area contributed by atoms with Crippen molar-refractivity contribution >= 4 is 49.1 Å². The van der Waals surface area contributed by atoms with Gasteiger partial charge in [-0.2, -0.15) is 0 Å². The maximum atomic E-state index is 12.7. The number of thiophene rings is 1. The molecule has 2 rings (SSSR count). The Morgan fingerprint density at radius 1 is 1.17 bits per heavy atom. The summed E-state index contributed by atoms with van der Waals surface area (Å²) in [6, 6.07) is 7.53. The molecule has 0 saturated heterocycles. The summed E-state index contributed by atoms with van der Waals surface area (Å²) in [5.74, 6) is 1.35. The van der Waals surface area contributed by atoms with Gasteiger partial charge in [-0.3, -0.25) is 4.79 Å². The summed E-state index contributed by atoms with van der Waals surface area (Å²) in [4.78, 5) is 15.2. The predicted molar refractivity (Wildman–Crippen MR) is 99.7 cm³/mol. The third-order valence-corrected chi connectivity index (χ3v) is 6.59. The van der Waals surface area contributed by atoms with E-state index < -0.39 is 0 Å². The molecule has 4 nitrogen and oxygen atoms in total.